The van der Waals surface area contributed by atoms with Gasteiger partial charge in [-0.3, -0.25) is 9.69 Å². The number of halogens is 1. The number of hydrogen-bond acceptors (Lipinski definition) is 5. The monoisotopic (exact) mass is 347 g/mol. The van der Waals surface area contributed by atoms with Crippen LogP contribution in [-0.4, -0.2) is 33.2 Å². The van der Waals surface area contributed by atoms with E-state index in [0.29, 0.717) is 11.4 Å². The van der Waals surface area contributed by atoms with Gasteiger partial charge in [-0.05, 0) is 37.1 Å². The second-order valence-electron chi connectivity index (χ2n) is 5.40. The van der Waals surface area contributed by atoms with E-state index in [2.05, 4.69) is 10.2 Å². The first-order valence-corrected chi connectivity index (χ1v) is 7.68. The van der Waals surface area contributed by atoms with Crippen LogP contribution in [-0.2, 0) is 4.79 Å². The fourth-order valence-electron chi connectivity index (χ4n) is 2.61. The van der Waals surface area contributed by atoms with Crippen LogP contribution in [0.2, 0.25) is 5.15 Å². The molecule has 3 rings (SSSR count). The van der Waals surface area contributed by atoms with Crippen LogP contribution in [0, 0.1) is 6.92 Å². The topological polar surface area (TPSA) is 92.6 Å². The molecule has 1 unspecified atom stereocenters. The Kier molecular flexibility index (Phi) is 4.11. The van der Waals surface area contributed by atoms with Crippen molar-refractivity contribution in [3.63, 3.8) is 0 Å². The van der Waals surface area contributed by atoms with Gasteiger partial charge in [0.2, 0.25) is 0 Å². The van der Waals surface area contributed by atoms with Crippen molar-refractivity contribution in [3.8, 4) is 11.6 Å². The largest absolute Gasteiger partial charge is 0.480 e. The molecular formula is C16H14ClN3O4. The molecule has 1 aliphatic heterocycles. The number of rotatable bonds is 3. The molecule has 1 N–H and O–H groups in total. The molecule has 1 amide bonds. The number of carboxylic acid groups (broad SMARTS) is 1. The Labute approximate surface area is 142 Å². The molecule has 0 saturated heterocycles. The van der Waals surface area contributed by atoms with Crippen LogP contribution in [0.3, 0.4) is 0 Å². The average Bonchev–Trinajstić information content (AvgIpc) is 2.64. The zero-order chi connectivity index (χ0) is 17.4. The van der Waals surface area contributed by atoms with E-state index < -0.39 is 17.9 Å². The molecule has 1 atom stereocenters. The number of nitrogens with zero attached hydrogens (tertiary/aromatic N) is 3. The average molecular weight is 348 g/mol. The Hall–Kier alpha value is -2.67. The lowest BCUT2D eigenvalue weighted by atomic mass is 10.1. The Morgan fingerprint density at radius 3 is 2.79 bits per heavy atom. The maximum absolute atomic E-state index is 13.0. The SMILES string of the molecule is CCC(C(=O)O)N1C(=O)c2cc(Cl)nnc2Oc2cc(C)ccc21. The van der Waals surface area contributed by atoms with E-state index in [4.69, 9.17) is 16.3 Å². The van der Waals surface area contributed by atoms with Crippen molar-refractivity contribution in [3.05, 3.63) is 40.5 Å². The van der Waals surface area contributed by atoms with Crippen molar-refractivity contribution < 1.29 is 19.4 Å². The van der Waals surface area contributed by atoms with Crippen LogP contribution in [0.5, 0.6) is 11.6 Å². The number of aryl methyl sites for hydroxylation is 1. The van der Waals surface area contributed by atoms with E-state index in [9.17, 15) is 14.7 Å². The quantitative estimate of drug-likeness (QED) is 0.917. The molecule has 0 fully saturated rings. The number of aromatic nitrogens is 2. The number of carbonyl (C=O) groups excluding carboxylic acids is 1. The molecule has 2 aromatic rings. The lowest BCUT2D eigenvalue weighted by Gasteiger charge is -2.27. The molecule has 7 nitrogen and oxygen atoms in total. The van der Waals surface area contributed by atoms with Crippen LogP contribution >= 0.6 is 11.6 Å². The van der Waals surface area contributed by atoms with Crippen molar-refractivity contribution >= 4 is 29.2 Å². The summed E-state index contributed by atoms with van der Waals surface area (Å²) in [6.07, 6.45) is 0.232. The van der Waals surface area contributed by atoms with Crippen molar-refractivity contribution in [2.75, 3.05) is 4.90 Å². The van der Waals surface area contributed by atoms with Gasteiger partial charge in [-0.1, -0.05) is 24.6 Å². The zero-order valence-corrected chi connectivity index (χ0v) is 13.7. The van der Waals surface area contributed by atoms with E-state index in [1.807, 2.05) is 6.92 Å². The second kappa shape index (κ2) is 6.09. The number of aliphatic carboxylic acids is 1. The number of hydrogen-bond donors (Lipinski definition) is 1. The summed E-state index contributed by atoms with van der Waals surface area (Å²) in [4.78, 5) is 25.9. The van der Waals surface area contributed by atoms with Gasteiger partial charge in [0.25, 0.3) is 11.8 Å². The summed E-state index contributed by atoms with van der Waals surface area (Å²) in [5.41, 5.74) is 1.34. The van der Waals surface area contributed by atoms with E-state index in [0.717, 1.165) is 5.56 Å². The van der Waals surface area contributed by atoms with Gasteiger partial charge in [0.05, 0.1) is 5.69 Å². The molecule has 0 bridgehead atoms. The van der Waals surface area contributed by atoms with E-state index in [1.165, 1.54) is 11.0 Å². The molecular weight excluding hydrogens is 334 g/mol. The van der Waals surface area contributed by atoms with Gasteiger partial charge in [-0.25, -0.2) is 4.79 Å². The summed E-state index contributed by atoms with van der Waals surface area (Å²) >= 11 is 5.84. The van der Waals surface area contributed by atoms with Crippen LogP contribution in [0.1, 0.15) is 29.3 Å². The summed E-state index contributed by atoms with van der Waals surface area (Å²) in [5.74, 6) is -1.30. The first-order chi connectivity index (χ1) is 11.4. The third-order valence-corrected chi connectivity index (χ3v) is 3.93. The number of ether oxygens (including phenoxy) is 1. The number of carboxylic acids is 1. The first kappa shape index (κ1) is 16.2. The normalized spacial score (nSPS) is 14.3. The lowest BCUT2D eigenvalue weighted by molar-refractivity contribution is -0.138. The lowest BCUT2D eigenvalue weighted by Crippen LogP contribution is -2.44. The molecule has 1 aliphatic rings. The predicted molar refractivity (Wildman–Crippen MR) is 86.8 cm³/mol. The van der Waals surface area contributed by atoms with Crippen LogP contribution < -0.4 is 9.64 Å². The highest BCUT2D eigenvalue weighted by molar-refractivity contribution is 6.30. The molecule has 0 saturated carbocycles. The third kappa shape index (κ3) is 2.67. The highest BCUT2D eigenvalue weighted by Gasteiger charge is 2.37. The number of anilines is 1. The summed E-state index contributed by atoms with van der Waals surface area (Å²) in [7, 11) is 0. The molecule has 1 aromatic carbocycles. The van der Waals surface area contributed by atoms with Crippen molar-refractivity contribution in [1.29, 1.82) is 0 Å². The fourth-order valence-corrected chi connectivity index (χ4v) is 2.75. The number of fused-ring (bicyclic) bond motifs is 2. The smallest absolute Gasteiger partial charge is 0.326 e. The maximum Gasteiger partial charge on any atom is 0.326 e. The van der Waals surface area contributed by atoms with Crippen LogP contribution in [0.15, 0.2) is 24.3 Å². The van der Waals surface area contributed by atoms with Gasteiger partial charge in [0, 0.05) is 0 Å². The van der Waals surface area contributed by atoms with E-state index in [-0.39, 0.29) is 23.0 Å². The van der Waals surface area contributed by atoms with Gasteiger partial charge >= 0.3 is 5.97 Å². The summed E-state index contributed by atoms with van der Waals surface area (Å²) in [6.45, 7) is 3.56. The van der Waals surface area contributed by atoms with Crippen molar-refractivity contribution in [2.24, 2.45) is 0 Å². The van der Waals surface area contributed by atoms with Gasteiger partial charge in [-0.15, -0.1) is 10.2 Å². The minimum absolute atomic E-state index is 0.000933. The molecule has 2 heterocycles. The second-order valence-corrected chi connectivity index (χ2v) is 5.78. The van der Waals surface area contributed by atoms with Gasteiger partial charge < -0.3 is 9.84 Å². The van der Waals surface area contributed by atoms with E-state index >= 15 is 0 Å². The first-order valence-electron chi connectivity index (χ1n) is 7.30. The van der Waals surface area contributed by atoms with Crippen molar-refractivity contribution in [1.82, 2.24) is 10.2 Å². The maximum atomic E-state index is 13.0. The number of benzene rings is 1. The molecule has 124 valence electrons. The van der Waals surface area contributed by atoms with E-state index in [1.54, 1.807) is 25.1 Å². The fraction of sp³-hybridized carbons (Fsp3) is 0.250. The molecule has 8 heteroatoms. The Bertz CT molecular complexity index is 840. The summed E-state index contributed by atoms with van der Waals surface area (Å²) in [5, 5.41) is 17.1. The standard InChI is InChI=1S/C16H14ClN3O4/c1-3-10(16(22)23)20-11-5-4-8(2)6-12(11)24-14-9(15(20)21)7-13(17)18-19-14/h4-7,10H,3H2,1-2H3,(H,22,23). The number of amides is 1. The third-order valence-electron chi connectivity index (χ3n) is 3.74. The minimum atomic E-state index is -1.10. The number of carbonyl (C=O) groups is 2. The molecule has 1 aromatic heterocycles. The molecule has 0 spiro atoms. The van der Waals surface area contributed by atoms with Crippen LogP contribution in [0.25, 0.3) is 0 Å². The molecule has 24 heavy (non-hydrogen) atoms. The predicted octanol–water partition coefficient (Wildman–Crippen LogP) is 3.05. The van der Waals surface area contributed by atoms with Crippen LogP contribution in [0.4, 0.5) is 5.69 Å². The van der Waals surface area contributed by atoms with Crippen molar-refractivity contribution in [2.45, 2.75) is 26.3 Å². The van der Waals surface area contributed by atoms with Gasteiger partial charge in [0.15, 0.2) is 10.9 Å². The minimum Gasteiger partial charge on any atom is -0.480 e. The highest BCUT2D eigenvalue weighted by atomic mass is 35.5. The van der Waals surface area contributed by atoms with Gasteiger partial charge in [0.1, 0.15) is 11.6 Å². The zero-order valence-electron chi connectivity index (χ0n) is 13.0. The molecule has 0 aliphatic carbocycles. The Morgan fingerprint density at radius 1 is 1.38 bits per heavy atom. The molecule has 0 radical (unpaired) electrons. The summed E-state index contributed by atoms with van der Waals surface area (Å²) in [6, 6.07) is 5.45. The Morgan fingerprint density at radius 2 is 2.12 bits per heavy atom. The summed E-state index contributed by atoms with van der Waals surface area (Å²) < 4.78 is 5.73. The Balaban J connectivity index is 2.26. The van der Waals surface area contributed by atoms with Gasteiger partial charge in [-0.2, -0.15) is 0 Å². The highest BCUT2D eigenvalue weighted by Crippen LogP contribution is 2.40.